The van der Waals surface area contributed by atoms with Gasteiger partial charge in [-0.15, -0.1) is 0 Å². The Bertz CT molecular complexity index is 330. The zero-order chi connectivity index (χ0) is 10.4. The molecule has 3 nitrogen and oxygen atoms in total. The van der Waals surface area contributed by atoms with Crippen LogP contribution >= 0.6 is 0 Å². The summed E-state index contributed by atoms with van der Waals surface area (Å²) in [5.41, 5.74) is 1.71. The number of ether oxygens (including phenoxy) is 1. The summed E-state index contributed by atoms with van der Waals surface area (Å²) in [6, 6.07) is 9.60. The van der Waals surface area contributed by atoms with E-state index in [1.165, 1.54) is 7.11 Å². The van der Waals surface area contributed by atoms with Crippen molar-refractivity contribution in [3.8, 4) is 0 Å². The van der Waals surface area contributed by atoms with E-state index < -0.39 is 6.09 Å². The van der Waals surface area contributed by atoms with Gasteiger partial charge >= 0.3 is 6.09 Å². The van der Waals surface area contributed by atoms with Crippen LogP contribution in [0.5, 0.6) is 0 Å². The Hall–Kier alpha value is -1.77. The van der Waals surface area contributed by atoms with Gasteiger partial charge in [-0.2, -0.15) is 0 Å². The first-order valence-electron chi connectivity index (χ1n) is 4.34. The molecule has 0 aromatic heterocycles. The normalized spacial score (nSPS) is 10.9. The van der Waals surface area contributed by atoms with Gasteiger partial charge in [0.25, 0.3) is 0 Å². The zero-order valence-corrected chi connectivity index (χ0v) is 8.28. The number of amides is 1. The minimum atomic E-state index is -0.457. The van der Waals surface area contributed by atoms with Crippen LogP contribution in [0.3, 0.4) is 0 Å². The molecule has 1 aromatic carbocycles. The van der Waals surface area contributed by atoms with Crippen LogP contribution in [0.2, 0.25) is 0 Å². The van der Waals surface area contributed by atoms with E-state index in [9.17, 15) is 4.79 Å². The minimum absolute atomic E-state index is 0.457. The summed E-state index contributed by atoms with van der Waals surface area (Å²) in [6.07, 6.45) is 1.37. The third-order valence-corrected chi connectivity index (χ3v) is 1.80. The maximum atomic E-state index is 11.0. The molecule has 3 heteroatoms. The molecule has 0 saturated heterocycles. The van der Waals surface area contributed by atoms with Crippen molar-refractivity contribution in [2.75, 3.05) is 7.11 Å². The number of rotatable bonds is 2. The van der Waals surface area contributed by atoms with Gasteiger partial charge in [-0.25, -0.2) is 4.79 Å². The molecule has 0 fully saturated rings. The van der Waals surface area contributed by atoms with Crippen molar-refractivity contribution in [1.82, 2.24) is 5.32 Å². The lowest BCUT2D eigenvalue weighted by atomic mass is 10.1. The van der Waals surface area contributed by atoms with Crippen LogP contribution in [0.1, 0.15) is 12.5 Å². The summed E-state index contributed by atoms with van der Waals surface area (Å²) in [6.45, 7) is 1.86. The van der Waals surface area contributed by atoms with Crippen molar-refractivity contribution < 1.29 is 9.53 Å². The van der Waals surface area contributed by atoms with Crippen LogP contribution < -0.4 is 5.32 Å². The zero-order valence-electron chi connectivity index (χ0n) is 8.28. The molecule has 0 bridgehead atoms. The SMILES string of the molecule is C/C=C(\NC(=O)OC)c1ccccc1. The van der Waals surface area contributed by atoms with Gasteiger partial charge in [-0.05, 0) is 12.5 Å². The molecule has 0 saturated carbocycles. The third-order valence-electron chi connectivity index (χ3n) is 1.80. The summed E-state index contributed by atoms with van der Waals surface area (Å²) in [5, 5.41) is 2.63. The first-order chi connectivity index (χ1) is 6.77. The summed E-state index contributed by atoms with van der Waals surface area (Å²) < 4.78 is 4.51. The molecular formula is C11H13NO2. The predicted molar refractivity (Wildman–Crippen MR) is 55.6 cm³/mol. The second-order valence-corrected chi connectivity index (χ2v) is 2.68. The van der Waals surface area contributed by atoms with Crippen molar-refractivity contribution in [3.63, 3.8) is 0 Å². The van der Waals surface area contributed by atoms with Gasteiger partial charge in [-0.3, -0.25) is 5.32 Å². The van der Waals surface area contributed by atoms with E-state index in [0.29, 0.717) is 0 Å². The lowest BCUT2D eigenvalue weighted by Crippen LogP contribution is -2.21. The molecule has 74 valence electrons. The molecule has 0 spiro atoms. The first kappa shape index (κ1) is 10.3. The number of alkyl carbamates (subject to hydrolysis) is 1. The highest BCUT2D eigenvalue weighted by Gasteiger charge is 2.03. The number of methoxy groups -OCH3 is 1. The van der Waals surface area contributed by atoms with E-state index in [2.05, 4.69) is 10.1 Å². The third kappa shape index (κ3) is 2.62. The van der Waals surface area contributed by atoms with Gasteiger partial charge in [0, 0.05) is 5.70 Å². The fourth-order valence-corrected chi connectivity index (χ4v) is 1.09. The average Bonchev–Trinajstić information content (AvgIpc) is 2.26. The fraction of sp³-hybridized carbons (Fsp3) is 0.182. The van der Waals surface area contributed by atoms with Gasteiger partial charge < -0.3 is 4.74 Å². The van der Waals surface area contributed by atoms with Gasteiger partial charge in [0.05, 0.1) is 7.11 Å². The summed E-state index contributed by atoms with van der Waals surface area (Å²) in [7, 11) is 1.34. The maximum absolute atomic E-state index is 11.0. The maximum Gasteiger partial charge on any atom is 0.411 e. The van der Waals surface area contributed by atoms with Crippen molar-refractivity contribution in [2.24, 2.45) is 0 Å². The molecule has 1 rings (SSSR count). The Morgan fingerprint density at radius 3 is 2.50 bits per heavy atom. The second-order valence-electron chi connectivity index (χ2n) is 2.68. The highest BCUT2D eigenvalue weighted by molar-refractivity contribution is 5.81. The van der Waals surface area contributed by atoms with Crippen LogP contribution in [-0.4, -0.2) is 13.2 Å². The van der Waals surface area contributed by atoms with Crippen molar-refractivity contribution in [2.45, 2.75) is 6.92 Å². The van der Waals surface area contributed by atoms with Crippen molar-refractivity contribution in [3.05, 3.63) is 42.0 Å². The average molecular weight is 191 g/mol. The van der Waals surface area contributed by atoms with E-state index >= 15 is 0 Å². The number of allylic oxidation sites excluding steroid dienone is 1. The molecule has 0 heterocycles. The Labute approximate surface area is 83.4 Å². The molecule has 0 aliphatic heterocycles. The van der Waals surface area contributed by atoms with E-state index in [1.807, 2.05) is 43.3 Å². The lowest BCUT2D eigenvalue weighted by Gasteiger charge is -2.07. The Morgan fingerprint density at radius 1 is 1.36 bits per heavy atom. The van der Waals surface area contributed by atoms with Crippen LogP contribution in [0.15, 0.2) is 36.4 Å². The summed E-state index contributed by atoms with van der Waals surface area (Å²) in [5.74, 6) is 0. The van der Waals surface area contributed by atoms with Crippen LogP contribution in [-0.2, 0) is 4.74 Å². The van der Waals surface area contributed by atoms with Gasteiger partial charge in [-0.1, -0.05) is 36.4 Å². The highest BCUT2D eigenvalue weighted by Crippen LogP contribution is 2.10. The molecular weight excluding hydrogens is 178 g/mol. The molecule has 0 aliphatic carbocycles. The van der Waals surface area contributed by atoms with Crippen LogP contribution in [0.4, 0.5) is 4.79 Å². The number of nitrogens with one attached hydrogen (secondary N) is 1. The first-order valence-corrected chi connectivity index (χ1v) is 4.34. The monoisotopic (exact) mass is 191 g/mol. The molecule has 0 aliphatic rings. The molecule has 14 heavy (non-hydrogen) atoms. The summed E-state index contributed by atoms with van der Waals surface area (Å²) >= 11 is 0. The fourth-order valence-electron chi connectivity index (χ4n) is 1.09. The van der Waals surface area contributed by atoms with Crippen LogP contribution in [0.25, 0.3) is 5.70 Å². The molecule has 1 aromatic rings. The van der Waals surface area contributed by atoms with Gasteiger partial charge in [0.15, 0.2) is 0 Å². The lowest BCUT2D eigenvalue weighted by molar-refractivity contribution is 0.176. The molecule has 0 radical (unpaired) electrons. The number of hydrogen-bond acceptors (Lipinski definition) is 2. The highest BCUT2D eigenvalue weighted by atomic mass is 16.5. The Kier molecular flexibility index (Phi) is 3.73. The quantitative estimate of drug-likeness (QED) is 0.779. The van der Waals surface area contributed by atoms with E-state index in [0.717, 1.165) is 11.3 Å². The van der Waals surface area contributed by atoms with Gasteiger partial charge in [0.2, 0.25) is 0 Å². The number of hydrogen-bond donors (Lipinski definition) is 1. The van der Waals surface area contributed by atoms with Crippen molar-refractivity contribution >= 4 is 11.8 Å². The number of carbonyl (C=O) groups excluding carboxylic acids is 1. The van der Waals surface area contributed by atoms with Gasteiger partial charge in [0.1, 0.15) is 0 Å². The largest absolute Gasteiger partial charge is 0.453 e. The summed E-state index contributed by atoms with van der Waals surface area (Å²) in [4.78, 5) is 11.0. The van der Waals surface area contributed by atoms with E-state index in [-0.39, 0.29) is 0 Å². The van der Waals surface area contributed by atoms with E-state index in [1.54, 1.807) is 0 Å². The molecule has 1 N–H and O–H groups in total. The van der Waals surface area contributed by atoms with Crippen molar-refractivity contribution in [1.29, 1.82) is 0 Å². The topological polar surface area (TPSA) is 38.3 Å². The molecule has 0 unspecified atom stereocenters. The predicted octanol–water partition coefficient (Wildman–Crippen LogP) is 2.40. The number of carbonyl (C=O) groups is 1. The standard InChI is InChI=1S/C11H13NO2/c1-3-10(12-11(13)14-2)9-7-5-4-6-8-9/h3-8H,1-2H3,(H,12,13)/b10-3-. The van der Waals surface area contributed by atoms with E-state index in [4.69, 9.17) is 0 Å². The van der Waals surface area contributed by atoms with Crippen LogP contribution in [0, 0.1) is 0 Å². The molecule has 1 amide bonds. The second kappa shape index (κ2) is 5.07. The Morgan fingerprint density at radius 2 is 2.00 bits per heavy atom. The minimum Gasteiger partial charge on any atom is -0.453 e. The number of benzene rings is 1. The Balaban J connectivity index is 2.79. The molecule has 0 atom stereocenters. The smallest absolute Gasteiger partial charge is 0.411 e.